The Morgan fingerprint density at radius 2 is 2.23 bits per heavy atom. The molecule has 0 aliphatic heterocycles. The van der Waals surface area contributed by atoms with E-state index in [0.29, 0.717) is 24.8 Å². The second-order valence-electron chi connectivity index (χ2n) is 6.27. The molecule has 6 heteroatoms. The second kappa shape index (κ2) is 9.04. The molecule has 1 fully saturated rings. The van der Waals surface area contributed by atoms with E-state index in [1.165, 1.54) is 19.2 Å². The molecule has 1 aromatic carbocycles. The zero-order valence-corrected chi connectivity index (χ0v) is 15.0. The van der Waals surface area contributed by atoms with Crippen LogP contribution in [-0.4, -0.2) is 30.5 Å². The summed E-state index contributed by atoms with van der Waals surface area (Å²) in [4.78, 5) is 28.5. The van der Waals surface area contributed by atoms with E-state index in [-0.39, 0.29) is 23.0 Å². The van der Waals surface area contributed by atoms with Gasteiger partial charge >= 0.3 is 0 Å². The van der Waals surface area contributed by atoms with Crippen molar-refractivity contribution in [3.63, 3.8) is 0 Å². The molecule has 2 unspecified atom stereocenters. The van der Waals surface area contributed by atoms with Crippen LogP contribution in [0.4, 0.5) is 4.39 Å². The van der Waals surface area contributed by atoms with Crippen LogP contribution in [0.5, 0.6) is 0 Å². The number of nitrogens with one attached hydrogen (secondary N) is 1. The van der Waals surface area contributed by atoms with Gasteiger partial charge in [0.1, 0.15) is 11.5 Å². The highest BCUT2D eigenvalue weighted by Gasteiger charge is 2.31. The molecular formula is C20H22FN3O2. The Hall–Kier alpha value is -2.81. The quantitative estimate of drug-likeness (QED) is 0.824. The van der Waals surface area contributed by atoms with Crippen LogP contribution in [0, 0.1) is 17.1 Å². The summed E-state index contributed by atoms with van der Waals surface area (Å²) in [7, 11) is 1.52. The molecular weight excluding hydrogens is 333 g/mol. The molecule has 26 heavy (non-hydrogen) atoms. The summed E-state index contributed by atoms with van der Waals surface area (Å²) in [5.74, 6) is -0.995. The number of aliphatic imine (C=N–C) groups is 1. The maximum absolute atomic E-state index is 13.7. The summed E-state index contributed by atoms with van der Waals surface area (Å²) in [6, 6.07) is 5.52. The lowest BCUT2D eigenvalue weighted by Crippen LogP contribution is -2.46. The predicted molar refractivity (Wildman–Crippen MR) is 97.4 cm³/mol. The van der Waals surface area contributed by atoms with E-state index in [1.807, 2.05) is 19.1 Å². The highest BCUT2D eigenvalue weighted by atomic mass is 19.1. The van der Waals surface area contributed by atoms with Gasteiger partial charge in [0.25, 0.3) is 5.91 Å². The van der Waals surface area contributed by atoms with E-state index in [0.717, 1.165) is 6.42 Å². The van der Waals surface area contributed by atoms with Gasteiger partial charge in [-0.05, 0) is 55.0 Å². The summed E-state index contributed by atoms with van der Waals surface area (Å²) in [5.41, 5.74) is 1.20. The maximum Gasteiger partial charge on any atom is 0.269 e. The Morgan fingerprint density at radius 1 is 1.46 bits per heavy atom. The number of hydrogen-bond donors (Lipinski definition) is 1. The number of hydrogen-bond acceptors (Lipinski definition) is 4. The smallest absolute Gasteiger partial charge is 0.269 e. The third kappa shape index (κ3) is 4.85. The van der Waals surface area contributed by atoms with Crippen LogP contribution in [-0.2, 0) is 9.59 Å². The van der Waals surface area contributed by atoms with Gasteiger partial charge in [-0.15, -0.1) is 0 Å². The molecule has 0 aromatic heterocycles. The van der Waals surface area contributed by atoms with Crippen LogP contribution in [0.2, 0.25) is 0 Å². The van der Waals surface area contributed by atoms with Crippen molar-refractivity contribution in [3.05, 3.63) is 47.3 Å². The van der Waals surface area contributed by atoms with Gasteiger partial charge in [0.2, 0.25) is 0 Å². The van der Waals surface area contributed by atoms with Crippen molar-refractivity contribution in [1.29, 1.82) is 5.26 Å². The molecule has 1 amide bonds. The van der Waals surface area contributed by atoms with Crippen LogP contribution < -0.4 is 5.32 Å². The van der Waals surface area contributed by atoms with Gasteiger partial charge in [-0.3, -0.25) is 14.6 Å². The minimum absolute atomic E-state index is 0.0403. The molecule has 2 rings (SSSR count). The first-order valence-electron chi connectivity index (χ1n) is 8.66. The summed E-state index contributed by atoms with van der Waals surface area (Å²) in [5, 5.41) is 11.8. The van der Waals surface area contributed by atoms with E-state index < -0.39 is 17.8 Å². The summed E-state index contributed by atoms with van der Waals surface area (Å²) in [6.45, 7) is 1.95. The van der Waals surface area contributed by atoms with Gasteiger partial charge in [-0.1, -0.05) is 13.0 Å². The molecule has 1 N–H and O–H groups in total. The fraction of sp³-hybridized carbons (Fsp3) is 0.400. The number of ketones is 1. The Balaban J connectivity index is 2.14. The van der Waals surface area contributed by atoms with E-state index >= 15 is 0 Å². The van der Waals surface area contributed by atoms with E-state index in [2.05, 4.69) is 10.3 Å². The van der Waals surface area contributed by atoms with Crippen LogP contribution >= 0.6 is 0 Å². The number of benzene rings is 1. The summed E-state index contributed by atoms with van der Waals surface area (Å²) in [6.07, 6.45) is 5.49. The second-order valence-corrected chi connectivity index (χ2v) is 6.27. The standard InChI is InChI=1S/C20H22FN3O2/c1-3-4-5-17(23-2)20(26)24-18-11-14(6-7-19(18)25)15-8-13(12-22)9-16(21)10-15/h4-5,8-10,14,18H,3,6-7,11H2,1-2H3,(H,24,26)/b5-4-,23-17?. The number of rotatable bonds is 5. The fourth-order valence-electron chi connectivity index (χ4n) is 3.09. The SMILES string of the molecule is CC/C=C\C(=NC)C(=O)NC1CC(c2cc(F)cc(C#N)c2)CCC1=O. The Bertz CT molecular complexity index is 793. The molecule has 2 atom stereocenters. The average Bonchev–Trinajstić information content (AvgIpc) is 2.63. The molecule has 1 saturated carbocycles. The van der Waals surface area contributed by atoms with Gasteiger partial charge in [-0.2, -0.15) is 5.26 Å². The first kappa shape index (κ1) is 19.5. The number of allylic oxidation sites excluding steroid dienone is 1. The number of amides is 1. The van der Waals surface area contributed by atoms with E-state index in [1.54, 1.807) is 12.1 Å². The molecule has 0 heterocycles. The van der Waals surface area contributed by atoms with E-state index in [4.69, 9.17) is 5.26 Å². The Morgan fingerprint density at radius 3 is 2.88 bits per heavy atom. The first-order valence-corrected chi connectivity index (χ1v) is 8.66. The number of carbonyl (C=O) groups excluding carboxylic acids is 2. The number of nitriles is 1. The lowest BCUT2D eigenvalue weighted by Gasteiger charge is -2.29. The highest BCUT2D eigenvalue weighted by Crippen LogP contribution is 2.32. The Kier molecular flexibility index (Phi) is 6.79. The van der Waals surface area contributed by atoms with Crippen molar-refractivity contribution in [3.8, 4) is 6.07 Å². The lowest BCUT2D eigenvalue weighted by molar-refractivity contribution is -0.126. The highest BCUT2D eigenvalue weighted by molar-refractivity contribution is 6.43. The third-order valence-electron chi connectivity index (χ3n) is 4.46. The van der Waals surface area contributed by atoms with Gasteiger partial charge in [0, 0.05) is 13.5 Å². The molecule has 1 aliphatic rings. The normalized spacial score (nSPS) is 20.8. The molecule has 1 aliphatic carbocycles. The van der Waals surface area contributed by atoms with Gasteiger partial charge in [-0.25, -0.2) is 4.39 Å². The zero-order chi connectivity index (χ0) is 19.1. The third-order valence-corrected chi connectivity index (χ3v) is 4.46. The topological polar surface area (TPSA) is 82.3 Å². The Labute approximate surface area is 152 Å². The average molecular weight is 355 g/mol. The molecule has 0 saturated heterocycles. The molecule has 0 radical (unpaired) electrons. The minimum Gasteiger partial charge on any atom is -0.341 e. The van der Waals surface area contributed by atoms with Crippen molar-refractivity contribution >= 4 is 17.4 Å². The van der Waals surface area contributed by atoms with Crippen LogP contribution in [0.25, 0.3) is 0 Å². The largest absolute Gasteiger partial charge is 0.341 e. The first-order chi connectivity index (χ1) is 12.5. The van der Waals surface area contributed by atoms with E-state index in [9.17, 15) is 14.0 Å². The number of Topliss-reactive ketones (excluding diaryl/α,β-unsaturated/α-hetero) is 1. The zero-order valence-electron chi connectivity index (χ0n) is 15.0. The van der Waals surface area contributed by atoms with Crippen molar-refractivity contribution in [2.24, 2.45) is 4.99 Å². The van der Waals surface area contributed by atoms with Crippen molar-refractivity contribution in [1.82, 2.24) is 5.32 Å². The monoisotopic (exact) mass is 355 g/mol. The number of halogens is 1. The van der Waals surface area contributed by atoms with Crippen LogP contribution in [0.1, 0.15) is 49.7 Å². The minimum atomic E-state index is -0.637. The van der Waals surface area contributed by atoms with Gasteiger partial charge in [0.15, 0.2) is 5.78 Å². The lowest BCUT2D eigenvalue weighted by atomic mass is 9.80. The summed E-state index contributed by atoms with van der Waals surface area (Å²) < 4.78 is 13.7. The number of carbonyl (C=O) groups is 2. The van der Waals surface area contributed by atoms with Crippen molar-refractivity contribution in [2.75, 3.05) is 7.05 Å². The van der Waals surface area contributed by atoms with Crippen LogP contribution in [0.3, 0.4) is 0 Å². The van der Waals surface area contributed by atoms with Crippen molar-refractivity contribution in [2.45, 2.75) is 44.6 Å². The molecule has 1 aromatic rings. The molecule has 0 bridgehead atoms. The fourth-order valence-corrected chi connectivity index (χ4v) is 3.09. The van der Waals surface area contributed by atoms with Crippen molar-refractivity contribution < 1.29 is 14.0 Å². The summed E-state index contributed by atoms with van der Waals surface area (Å²) >= 11 is 0. The molecule has 136 valence electrons. The van der Waals surface area contributed by atoms with Gasteiger partial charge in [0.05, 0.1) is 17.7 Å². The maximum atomic E-state index is 13.7. The van der Waals surface area contributed by atoms with Gasteiger partial charge < -0.3 is 5.32 Å². The predicted octanol–water partition coefficient (Wildman–Crippen LogP) is 3.06. The molecule has 5 nitrogen and oxygen atoms in total. The van der Waals surface area contributed by atoms with Crippen LogP contribution in [0.15, 0.2) is 35.3 Å². The molecule has 0 spiro atoms. The number of nitrogens with zero attached hydrogens (tertiary/aromatic N) is 2.